The van der Waals surface area contributed by atoms with Gasteiger partial charge >= 0.3 is 15.6 Å². The molecule has 1 saturated heterocycles. The minimum absolute atomic E-state index is 0.298. The largest absolute Gasteiger partial charge is 0.534 e. The van der Waals surface area contributed by atoms with Crippen molar-refractivity contribution >= 4 is 15.6 Å². The van der Waals surface area contributed by atoms with E-state index in [1.54, 1.807) is 16.9 Å². The summed E-state index contributed by atoms with van der Waals surface area (Å²) in [5.41, 5.74) is -2.11. The number of benzene rings is 1. The van der Waals surface area contributed by atoms with E-state index < -0.39 is 21.4 Å². The molecule has 0 aliphatic carbocycles. The third-order valence-electron chi connectivity index (χ3n) is 5.51. The summed E-state index contributed by atoms with van der Waals surface area (Å²) in [6, 6.07) is 8.94. The number of nitrogens with zero attached hydrogens (tertiary/aromatic N) is 5. The van der Waals surface area contributed by atoms with Crippen LogP contribution in [0.25, 0.3) is 27.8 Å². The topological polar surface area (TPSA) is 112 Å². The fourth-order valence-corrected chi connectivity index (χ4v) is 4.17. The first kappa shape index (κ1) is 22.9. The maximum absolute atomic E-state index is 12.6. The van der Waals surface area contributed by atoms with Gasteiger partial charge in [-0.25, -0.2) is 4.52 Å². The molecular formula is C22H16F3N5O4S. The van der Waals surface area contributed by atoms with Crippen LogP contribution in [0.4, 0.5) is 13.2 Å². The van der Waals surface area contributed by atoms with Crippen LogP contribution in [0.5, 0.6) is 5.75 Å². The third-order valence-corrected chi connectivity index (χ3v) is 6.48. The molecule has 3 aromatic heterocycles. The minimum Gasteiger partial charge on any atom is -0.381 e. The Morgan fingerprint density at radius 3 is 2.46 bits per heavy atom. The number of rotatable bonds is 6. The number of alkyl halides is 3. The monoisotopic (exact) mass is 503 g/mol. The molecule has 1 aliphatic heterocycles. The molecule has 1 aliphatic rings. The highest BCUT2D eigenvalue weighted by molar-refractivity contribution is 7.88. The molecule has 9 nitrogen and oxygen atoms in total. The van der Waals surface area contributed by atoms with Gasteiger partial charge in [-0.3, -0.25) is 4.68 Å². The van der Waals surface area contributed by atoms with Crippen molar-refractivity contribution in [2.24, 2.45) is 5.92 Å². The molecule has 1 fully saturated rings. The molecule has 1 aromatic carbocycles. The number of pyridine rings is 1. The molecule has 0 N–H and O–H groups in total. The first-order valence-electron chi connectivity index (χ1n) is 10.3. The second kappa shape index (κ2) is 8.40. The third kappa shape index (κ3) is 4.33. The van der Waals surface area contributed by atoms with Crippen LogP contribution in [0.3, 0.4) is 0 Å². The fraction of sp³-hybridized carbons (Fsp3) is 0.227. The Labute approximate surface area is 197 Å². The number of nitriles is 1. The SMILES string of the molecule is N#Cc1cnn2cc(-c3cnn(CC4COC4)c3)cc(-c3ccc(OS(=O)(=O)C(F)(F)F)cc3)c12. The number of aromatic nitrogens is 4. The van der Waals surface area contributed by atoms with Crippen LogP contribution in [0.1, 0.15) is 5.56 Å². The van der Waals surface area contributed by atoms with E-state index in [0.717, 1.165) is 29.8 Å². The van der Waals surface area contributed by atoms with Gasteiger partial charge in [0.2, 0.25) is 0 Å². The molecule has 0 atom stereocenters. The Balaban J connectivity index is 1.53. The zero-order valence-electron chi connectivity index (χ0n) is 17.8. The number of ether oxygens (including phenoxy) is 1. The second-order valence-corrected chi connectivity index (χ2v) is 9.51. The Hall–Kier alpha value is -3.89. The molecule has 0 radical (unpaired) electrons. The molecule has 0 bridgehead atoms. The highest BCUT2D eigenvalue weighted by Crippen LogP contribution is 2.34. The molecule has 4 aromatic rings. The summed E-state index contributed by atoms with van der Waals surface area (Å²) in [6.07, 6.45) is 6.76. The average Bonchev–Trinajstić information content (AvgIpc) is 3.42. The molecule has 0 spiro atoms. The van der Waals surface area contributed by atoms with Gasteiger partial charge in [0.1, 0.15) is 11.8 Å². The van der Waals surface area contributed by atoms with Crippen LogP contribution in [-0.2, 0) is 21.4 Å². The van der Waals surface area contributed by atoms with E-state index in [4.69, 9.17) is 4.74 Å². The molecule has 180 valence electrons. The predicted molar refractivity (Wildman–Crippen MR) is 116 cm³/mol. The summed E-state index contributed by atoms with van der Waals surface area (Å²) >= 11 is 0. The van der Waals surface area contributed by atoms with Crippen LogP contribution in [-0.4, -0.2) is 46.5 Å². The Bertz CT molecular complexity index is 1550. The van der Waals surface area contributed by atoms with E-state index in [-0.39, 0.29) is 0 Å². The van der Waals surface area contributed by atoms with Crippen molar-refractivity contribution in [2.45, 2.75) is 12.1 Å². The van der Waals surface area contributed by atoms with Crippen molar-refractivity contribution < 1.29 is 30.5 Å². The van der Waals surface area contributed by atoms with Crippen molar-refractivity contribution in [3.63, 3.8) is 0 Å². The first-order valence-corrected chi connectivity index (χ1v) is 11.7. The summed E-state index contributed by atoms with van der Waals surface area (Å²) in [6.45, 7) is 2.11. The lowest BCUT2D eigenvalue weighted by molar-refractivity contribution is -0.0500. The van der Waals surface area contributed by atoms with Crippen molar-refractivity contribution in [3.8, 4) is 34.1 Å². The lowest BCUT2D eigenvalue weighted by atomic mass is 10.00. The van der Waals surface area contributed by atoms with Crippen molar-refractivity contribution in [2.75, 3.05) is 13.2 Å². The van der Waals surface area contributed by atoms with E-state index in [1.165, 1.54) is 18.3 Å². The van der Waals surface area contributed by atoms with Gasteiger partial charge in [0, 0.05) is 41.5 Å². The van der Waals surface area contributed by atoms with Gasteiger partial charge in [-0.05, 0) is 23.8 Å². The zero-order valence-corrected chi connectivity index (χ0v) is 18.6. The zero-order chi connectivity index (χ0) is 24.8. The van der Waals surface area contributed by atoms with E-state index in [2.05, 4.69) is 20.4 Å². The number of fused-ring (bicyclic) bond motifs is 1. The summed E-state index contributed by atoms with van der Waals surface area (Å²) < 4.78 is 73.2. The average molecular weight is 503 g/mol. The lowest BCUT2D eigenvalue weighted by Crippen LogP contribution is -2.31. The van der Waals surface area contributed by atoms with Crippen LogP contribution in [0.15, 0.2) is 55.1 Å². The summed E-state index contributed by atoms with van der Waals surface area (Å²) in [5.74, 6) is -0.0829. The minimum atomic E-state index is -5.79. The summed E-state index contributed by atoms with van der Waals surface area (Å²) in [4.78, 5) is 0. The van der Waals surface area contributed by atoms with Crippen molar-refractivity contribution in [3.05, 3.63) is 60.7 Å². The standard InChI is InChI=1S/C22H16F3N5O4S/c23-22(24,25)35(31,32)34-19-3-1-15(2-4-19)20-5-16(11-30-21(20)17(6-26)7-28-30)18-8-27-29(10-18)9-14-12-33-13-14/h1-5,7-8,10-11,14H,9,12-13H2. The first-order chi connectivity index (χ1) is 16.6. The van der Waals surface area contributed by atoms with Crippen LogP contribution in [0.2, 0.25) is 0 Å². The van der Waals surface area contributed by atoms with Crippen molar-refractivity contribution in [1.29, 1.82) is 5.26 Å². The van der Waals surface area contributed by atoms with Gasteiger partial charge in [-0.15, -0.1) is 0 Å². The lowest BCUT2D eigenvalue weighted by Gasteiger charge is -2.25. The number of hydrogen-bond acceptors (Lipinski definition) is 7. The maximum atomic E-state index is 12.6. The molecule has 35 heavy (non-hydrogen) atoms. The highest BCUT2D eigenvalue weighted by Gasteiger charge is 2.48. The predicted octanol–water partition coefficient (Wildman–Crippen LogP) is 3.61. The van der Waals surface area contributed by atoms with Gasteiger partial charge in [0.25, 0.3) is 0 Å². The molecule has 0 saturated carbocycles. The van der Waals surface area contributed by atoms with Gasteiger partial charge in [-0.1, -0.05) is 12.1 Å². The molecule has 0 unspecified atom stereocenters. The molecule has 5 rings (SSSR count). The van der Waals surface area contributed by atoms with Gasteiger partial charge in [0.05, 0.1) is 36.7 Å². The Kier molecular flexibility index (Phi) is 5.49. The molecule has 0 amide bonds. The Morgan fingerprint density at radius 1 is 1.09 bits per heavy atom. The van der Waals surface area contributed by atoms with Gasteiger partial charge < -0.3 is 8.92 Å². The van der Waals surface area contributed by atoms with Crippen LogP contribution >= 0.6 is 0 Å². The van der Waals surface area contributed by atoms with E-state index >= 15 is 0 Å². The van der Waals surface area contributed by atoms with Gasteiger partial charge in [-0.2, -0.15) is 37.0 Å². The van der Waals surface area contributed by atoms with Crippen LogP contribution in [0, 0.1) is 17.2 Å². The van der Waals surface area contributed by atoms with E-state index in [9.17, 15) is 26.9 Å². The van der Waals surface area contributed by atoms with Crippen molar-refractivity contribution in [1.82, 2.24) is 19.4 Å². The molecule has 13 heteroatoms. The fourth-order valence-electron chi connectivity index (χ4n) is 3.71. The second-order valence-electron chi connectivity index (χ2n) is 7.97. The highest BCUT2D eigenvalue weighted by atomic mass is 32.2. The van der Waals surface area contributed by atoms with Gasteiger partial charge in [0.15, 0.2) is 0 Å². The van der Waals surface area contributed by atoms with E-state index in [0.29, 0.717) is 41.3 Å². The van der Waals surface area contributed by atoms with Crippen LogP contribution < -0.4 is 4.18 Å². The van der Waals surface area contributed by atoms with E-state index in [1.807, 2.05) is 16.9 Å². The summed E-state index contributed by atoms with van der Waals surface area (Å²) in [7, 11) is -5.79. The Morgan fingerprint density at radius 2 is 1.83 bits per heavy atom. The number of halogens is 3. The molecular weight excluding hydrogens is 487 g/mol. The number of hydrogen-bond donors (Lipinski definition) is 0. The summed E-state index contributed by atoms with van der Waals surface area (Å²) in [5, 5.41) is 18.2. The quantitative estimate of drug-likeness (QED) is 0.292. The molecule has 4 heterocycles. The maximum Gasteiger partial charge on any atom is 0.534 e. The normalized spacial score (nSPS) is 14.6. The smallest absolute Gasteiger partial charge is 0.381 e.